The van der Waals surface area contributed by atoms with E-state index in [1.165, 1.54) is 12.1 Å². The zero-order valence-corrected chi connectivity index (χ0v) is 24.6. The summed E-state index contributed by atoms with van der Waals surface area (Å²) >= 11 is 11.9. The number of hydrogen-bond acceptors (Lipinski definition) is 6. The minimum atomic E-state index is -0.886. The van der Waals surface area contributed by atoms with Gasteiger partial charge in [0.1, 0.15) is 21.9 Å². The molecule has 45 heavy (non-hydrogen) atoms. The molecule has 0 radical (unpaired) electrons. The third-order valence-corrected chi connectivity index (χ3v) is 7.38. The Hall–Kier alpha value is -3.90. The van der Waals surface area contributed by atoms with Gasteiger partial charge in [-0.3, -0.25) is 0 Å². The Morgan fingerprint density at radius 3 is 1.40 bits per heavy atom. The molecular weight excluding hydrogens is 625 g/mol. The average Bonchev–Trinajstić information content (AvgIpc) is 3.65. The van der Waals surface area contributed by atoms with Gasteiger partial charge in [0.15, 0.2) is 0 Å². The quantitative estimate of drug-likeness (QED) is 0.104. The first-order valence-electron chi connectivity index (χ1n) is 13.6. The van der Waals surface area contributed by atoms with E-state index >= 15 is 0 Å². The maximum absolute atomic E-state index is 13.8. The number of nitrogens with zero attached hydrogens (tertiary/aromatic N) is 2. The molecule has 0 aliphatic rings. The number of nitrogens with one attached hydrogen (secondary N) is 2. The fraction of sp³-hybridized carbons (Fsp3) is 0.212. The van der Waals surface area contributed by atoms with Crippen molar-refractivity contribution >= 4 is 45.0 Å². The van der Waals surface area contributed by atoms with E-state index in [4.69, 9.17) is 33.4 Å². The molecule has 2 unspecified atom stereocenters. The highest BCUT2D eigenvalue weighted by Gasteiger charge is 2.16. The van der Waals surface area contributed by atoms with Crippen molar-refractivity contribution in [2.24, 2.45) is 0 Å². The lowest BCUT2D eigenvalue weighted by Gasteiger charge is -2.11. The van der Waals surface area contributed by atoms with E-state index in [2.05, 4.69) is 19.9 Å². The van der Waals surface area contributed by atoms with Crippen molar-refractivity contribution < 1.29 is 29.2 Å². The molecular formula is C33H32Cl2F2N4O4. The van der Waals surface area contributed by atoms with E-state index < -0.39 is 12.2 Å². The van der Waals surface area contributed by atoms with Gasteiger partial charge in [-0.15, -0.1) is 0 Å². The molecule has 2 aromatic carbocycles. The van der Waals surface area contributed by atoms with E-state index in [0.717, 1.165) is 11.1 Å². The second-order valence-electron chi connectivity index (χ2n) is 10.1. The van der Waals surface area contributed by atoms with Gasteiger partial charge in [-0.2, -0.15) is 0 Å². The summed E-state index contributed by atoms with van der Waals surface area (Å²) in [7, 11) is 0. The number of aliphatic hydroxyl groups is 4. The Morgan fingerprint density at radius 1 is 0.644 bits per heavy atom. The lowest BCUT2D eigenvalue weighted by Crippen LogP contribution is -2.16. The molecule has 0 amide bonds. The highest BCUT2D eigenvalue weighted by Crippen LogP contribution is 2.30. The molecule has 236 valence electrons. The minimum Gasteiger partial charge on any atom is -0.394 e. The van der Waals surface area contributed by atoms with Gasteiger partial charge in [0.05, 0.1) is 48.2 Å². The summed E-state index contributed by atoms with van der Waals surface area (Å²) in [4.78, 5) is 14.8. The molecule has 6 rings (SSSR count). The maximum Gasteiger partial charge on any atom is 0.132 e. The van der Waals surface area contributed by atoms with Crippen molar-refractivity contribution in [3.63, 3.8) is 0 Å². The van der Waals surface area contributed by atoms with E-state index in [1.54, 1.807) is 60.7 Å². The first-order chi connectivity index (χ1) is 21.2. The van der Waals surface area contributed by atoms with Gasteiger partial charge in [0.25, 0.3) is 0 Å². The number of hydrogen-bond donors (Lipinski definition) is 6. The molecule has 0 spiro atoms. The largest absolute Gasteiger partial charge is 0.394 e. The Kier molecular flexibility index (Phi) is 11.3. The van der Waals surface area contributed by atoms with Crippen LogP contribution < -0.4 is 0 Å². The summed E-state index contributed by atoms with van der Waals surface area (Å²) in [6, 6.07) is 19.6. The van der Waals surface area contributed by atoms with Crippen LogP contribution >= 0.6 is 23.2 Å². The summed E-state index contributed by atoms with van der Waals surface area (Å²) < 4.78 is 27.6. The number of fused-ring (bicyclic) bond motifs is 2. The predicted octanol–water partition coefficient (Wildman–Crippen LogP) is 6.47. The van der Waals surface area contributed by atoms with Crippen LogP contribution in [0.4, 0.5) is 8.78 Å². The number of H-pyrrole nitrogens is 2. The average molecular weight is 658 g/mol. The van der Waals surface area contributed by atoms with Gasteiger partial charge in [-0.1, -0.05) is 54.9 Å². The van der Waals surface area contributed by atoms with Crippen LogP contribution in [0.5, 0.6) is 0 Å². The first kappa shape index (κ1) is 34.0. The monoisotopic (exact) mass is 656 g/mol. The van der Waals surface area contributed by atoms with E-state index in [9.17, 15) is 19.0 Å². The van der Waals surface area contributed by atoms with Crippen molar-refractivity contribution in [3.05, 3.63) is 106 Å². The third kappa shape index (κ3) is 7.85. The maximum atomic E-state index is 13.8. The van der Waals surface area contributed by atoms with Crippen molar-refractivity contribution in [2.75, 3.05) is 13.2 Å². The third-order valence-electron chi connectivity index (χ3n) is 6.95. The van der Waals surface area contributed by atoms with Crippen LogP contribution in [0.25, 0.3) is 44.6 Å². The fourth-order valence-corrected chi connectivity index (χ4v) is 5.15. The lowest BCUT2D eigenvalue weighted by atomic mass is 10.0. The van der Waals surface area contributed by atoms with Crippen LogP contribution in [0.15, 0.2) is 72.8 Å². The minimum absolute atomic E-state index is 0. The molecule has 6 aromatic rings. The zero-order valence-electron chi connectivity index (χ0n) is 23.1. The number of aromatic amines is 2. The molecule has 4 heterocycles. The van der Waals surface area contributed by atoms with Crippen molar-refractivity contribution in [2.45, 2.75) is 32.5 Å². The second kappa shape index (κ2) is 14.9. The van der Waals surface area contributed by atoms with Crippen LogP contribution in [0.1, 0.15) is 18.6 Å². The number of rotatable bonds is 8. The number of aliphatic hydroxyl groups excluding tert-OH is 4. The molecule has 0 fully saturated rings. The topological polar surface area (TPSA) is 138 Å². The van der Waals surface area contributed by atoms with Crippen LogP contribution in [0.2, 0.25) is 10.3 Å². The second-order valence-corrected chi connectivity index (χ2v) is 10.9. The van der Waals surface area contributed by atoms with Gasteiger partial charge in [-0.25, -0.2) is 18.7 Å². The van der Waals surface area contributed by atoms with Gasteiger partial charge < -0.3 is 30.4 Å². The van der Waals surface area contributed by atoms with E-state index in [-0.39, 0.29) is 45.1 Å². The van der Waals surface area contributed by atoms with E-state index in [0.29, 0.717) is 54.9 Å². The normalized spacial score (nSPS) is 12.4. The standard InChI is InChI=1S/2C16H14ClFN2O2.CH4/c2*17-15-5-4-9(6-10(22)8-21)16(20-15)14-7-11-12(18)2-1-3-13(11)19-14;/h2*1-5,7,10,19,21-22H,6,8H2;1H4. The molecule has 0 aliphatic carbocycles. The van der Waals surface area contributed by atoms with Gasteiger partial charge in [-0.05, 0) is 59.7 Å². The van der Waals surface area contributed by atoms with Crippen LogP contribution in [0, 0.1) is 11.6 Å². The Labute approximate surface area is 268 Å². The molecule has 4 aromatic heterocycles. The Balaban J connectivity index is 0.000000200. The van der Waals surface area contributed by atoms with Crippen LogP contribution in [-0.4, -0.2) is 65.8 Å². The molecule has 0 aliphatic heterocycles. The lowest BCUT2D eigenvalue weighted by molar-refractivity contribution is 0.0955. The molecule has 0 saturated heterocycles. The first-order valence-corrected chi connectivity index (χ1v) is 14.4. The van der Waals surface area contributed by atoms with Crippen LogP contribution in [0.3, 0.4) is 0 Å². The van der Waals surface area contributed by atoms with Crippen molar-refractivity contribution in [1.29, 1.82) is 0 Å². The van der Waals surface area contributed by atoms with Gasteiger partial charge in [0.2, 0.25) is 0 Å². The Bertz CT molecular complexity index is 1780. The summed E-state index contributed by atoms with van der Waals surface area (Å²) in [5, 5.41) is 38.9. The fourth-order valence-electron chi connectivity index (χ4n) is 4.85. The molecule has 0 saturated carbocycles. The summed E-state index contributed by atoms with van der Waals surface area (Å²) in [5.41, 5.74) is 5.06. The zero-order chi connectivity index (χ0) is 31.4. The molecule has 0 bridgehead atoms. The number of benzene rings is 2. The van der Waals surface area contributed by atoms with Gasteiger partial charge in [0, 0.05) is 34.6 Å². The molecule has 12 heteroatoms. The Morgan fingerprint density at radius 2 is 1.04 bits per heavy atom. The van der Waals surface area contributed by atoms with Crippen molar-refractivity contribution in [1.82, 2.24) is 19.9 Å². The summed E-state index contributed by atoms with van der Waals surface area (Å²) in [5.74, 6) is -0.641. The van der Waals surface area contributed by atoms with Crippen molar-refractivity contribution in [3.8, 4) is 22.8 Å². The SMILES string of the molecule is C.OCC(O)Cc1ccc(Cl)nc1-c1cc2c(F)cccc2[nH]1.OCC(O)Cc1ccc(Cl)nc1-c1cc2c(F)cccc2[nH]1. The highest BCUT2D eigenvalue weighted by atomic mass is 35.5. The highest BCUT2D eigenvalue weighted by molar-refractivity contribution is 6.29. The van der Waals surface area contributed by atoms with Gasteiger partial charge >= 0.3 is 0 Å². The van der Waals surface area contributed by atoms with Crippen LogP contribution in [-0.2, 0) is 12.8 Å². The number of pyridine rings is 2. The predicted molar refractivity (Wildman–Crippen MR) is 173 cm³/mol. The number of halogens is 4. The number of aromatic nitrogens is 4. The smallest absolute Gasteiger partial charge is 0.132 e. The van der Waals surface area contributed by atoms with E-state index in [1.807, 2.05) is 0 Å². The molecule has 6 N–H and O–H groups in total. The molecule has 2 atom stereocenters. The summed E-state index contributed by atoms with van der Waals surface area (Å²) in [6.45, 7) is -0.688. The molecule has 8 nitrogen and oxygen atoms in total. The summed E-state index contributed by atoms with van der Waals surface area (Å²) in [6.07, 6.45) is -1.31.